The Labute approximate surface area is 197 Å². The Kier molecular flexibility index (Phi) is 7.13. The van der Waals surface area contributed by atoms with Crippen molar-refractivity contribution in [2.24, 2.45) is 0 Å². The fourth-order valence-corrected chi connectivity index (χ4v) is 5.42. The molecule has 1 atom stereocenters. The number of rotatable bonds is 7. The lowest BCUT2D eigenvalue weighted by molar-refractivity contribution is -0.132. The van der Waals surface area contributed by atoms with Crippen molar-refractivity contribution in [3.63, 3.8) is 0 Å². The van der Waals surface area contributed by atoms with E-state index in [1.54, 1.807) is 16.7 Å². The molecule has 0 saturated carbocycles. The molecule has 0 aliphatic carbocycles. The number of ether oxygens (including phenoxy) is 1. The van der Waals surface area contributed by atoms with Crippen molar-refractivity contribution in [2.75, 3.05) is 19.7 Å². The summed E-state index contributed by atoms with van der Waals surface area (Å²) in [5.74, 6) is -1.17. The van der Waals surface area contributed by atoms with Gasteiger partial charge in [0.2, 0.25) is 0 Å². The van der Waals surface area contributed by atoms with Gasteiger partial charge in [0.05, 0.1) is 18.2 Å². The van der Waals surface area contributed by atoms with Crippen LogP contribution in [0.1, 0.15) is 42.7 Å². The molecule has 4 rings (SSSR count). The van der Waals surface area contributed by atoms with Crippen LogP contribution in [0.25, 0.3) is 0 Å². The van der Waals surface area contributed by atoms with Gasteiger partial charge in [-0.05, 0) is 43.2 Å². The van der Waals surface area contributed by atoms with Crippen molar-refractivity contribution >= 4 is 29.1 Å². The second-order valence-electron chi connectivity index (χ2n) is 8.22. The number of piperidine rings is 1. The topological polar surface area (TPSA) is 87.2 Å². The minimum Gasteiger partial charge on any atom is -0.503 e. The molecule has 3 heterocycles. The van der Waals surface area contributed by atoms with E-state index in [0.717, 1.165) is 10.4 Å². The first kappa shape index (κ1) is 23.0. The minimum absolute atomic E-state index is 0.183. The molecule has 1 saturated heterocycles. The molecular formula is C25H28N2O5S. The first-order chi connectivity index (χ1) is 16.0. The molecule has 7 nitrogen and oxygen atoms in total. The van der Waals surface area contributed by atoms with Crippen LogP contribution >= 0.6 is 11.3 Å². The summed E-state index contributed by atoms with van der Waals surface area (Å²) in [6.07, 6.45) is 1.53. The molecule has 1 unspecified atom stereocenters. The number of carbonyl (C=O) groups excluding carboxylic acids is 3. The van der Waals surface area contributed by atoms with E-state index in [1.807, 2.05) is 47.8 Å². The van der Waals surface area contributed by atoms with Crippen LogP contribution in [0, 0.1) is 0 Å². The van der Waals surface area contributed by atoms with Crippen molar-refractivity contribution in [1.82, 2.24) is 9.80 Å². The molecule has 1 aromatic heterocycles. The monoisotopic (exact) mass is 468 g/mol. The zero-order chi connectivity index (χ0) is 23.4. The van der Waals surface area contributed by atoms with Crippen molar-refractivity contribution in [2.45, 2.75) is 44.7 Å². The number of amides is 2. The molecule has 1 aromatic carbocycles. The Morgan fingerprint density at radius 1 is 1.12 bits per heavy atom. The summed E-state index contributed by atoms with van der Waals surface area (Å²) in [5.41, 5.74) is 1.22. The first-order valence-corrected chi connectivity index (χ1v) is 12.2. The van der Waals surface area contributed by atoms with Crippen LogP contribution in [0.4, 0.5) is 4.79 Å². The van der Waals surface area contributed by atoms with Gasteiger partial charge in [0.1, 0.15) is 0 Å². The molecule has 1 N–H and O–H groups in total. The molecule has 0 spiro atoms. The first-order valence-electron chi connectivity index (χ1n) is 11.3. The summed E-state index contributed by atoms with van der Waals surface area (Å²) in [5, 5.41) is 12.7. The highest BCUT2D eigenvalue weighted by Crippen LogP contribution is 2.43. The van der Waals surface area contributed by atoms with E-state index in [4.69, 9.17) is 4.74 Å². The molecule has 0 radical (unpaired) electrons. The van der Waals surface area contributed by atoms with Crippen molar-refractivity contribution < 1.29 is 24.2 Å². The lowest BCUT2D eigenvalue weighted by Crippen LogP contribution is -2.48. The summed E-state index contributed by atoms with van der Waals surface area (Å²) < 4.78 is 5.09. The summed E-state index contributed by atoms with van der Waals surface area (Å²) in [4.78, 5) is 42.6. The van der Waals surface area contributed by atoms with Gasteiger partial charge in [-0.3, -0.25) is 9.59 Å². The molecule has 2 aliphatic rings. The van der Waals surface area contributed by atoms with Gasteiger partial charge in [0, 0.05) is 30.4 Å². The highest BCUT2D eigenvalue weighted by Gasteiger charge is 2.47. The van der Waals surface area contributed by atoms with Crippen LogP contribution < -0.4 is 0 Å². The number of aliphatic hydroxyl groups excluding tert-OH is 1. The van der Waals surface area contributed by atoms with Gasteiger partial charge in [-0.15, -0.1) is 11.3 Å². The zero-order valence-electron chi connectivity index (χ0n) is 18.6. The van der Waals surface area contributed by atoms with Gasteiger partial charge >= 0.3 is 6.09 Å². The van der Waals surface area contributed by atoms with E-state index < -0.39 is 17.7 Å². The summed E-state index contributed by atoms with van der Waals surface area (Å²) in [6, 6.07) is 12.7. The van der Waals surface area contributed by atoms with Crippen molar-refractivity contribution in [1.29, 1.82) is 0 Å². The second kappa shape index (κ2) is 10.2. The minimum atomic E-state index is -0.597. The second-order valence-corrected chi connectivity index (χ2v) is 9.20. The number of thiophene rings is 1. The van der Waals surface area contributed by atoms with Gasteiger partial charge in [-0.2, -0.15) is 0 Å². The maximum Gasteiger partial charge on any atom is 0.409 e. The zero-order valence-corrected chi connectivity index (χ0v) is 19.4. The normalized spacial score (nSPS) is 19.3. The maximum absolute atomic E-state index is 13.3. The van der Waals surface area contributed by atoms with Crippen LogP contribution in [0.15, 0.2) is 59.2 Å². The van der Waals surface area contributed by atoms with Crippen LogP contribution in [0.3, 0.4) is 0 Å². The van der Waals surface area contributed by atoms with Crippen LogP contribution in [0.5, 0.6) is 0 Å². The number of Topliss-reactive ketones (excluding diaryl/α,β-unsaturated/α-hetero) is 1. The Morgan fingerprint density at radius 3 is 2.48 bits per heavy atom. The van der Waals surface area contributed by atoms with E-state index in [9.17, 15) is 19.5 Å². The number of hydrogen-bond donors (Lipinski definition) is 1. The highest BCUT2D eigenvalue weighted by atomic mass is 32.1. The molecule has 1 fully saturated rings. The van der Waals surface area contributed by atoms with E-state index in [2.05, 4.69) is 0 Å². The number of benzene rings is 1. The number of aryl methyl sites for hydroxylation is 1. The highest BCUT2D eigenvalue weighted by molar-refractivity contribution is 7.10. The van der Waals surface area contributed by atoms with Gasteiger partial charge in [-0.1, -0.05) is 36.4 Å². The molecule has 2 amide bonds. The van der Waals surface area contributed by atoms with Crippen molar-refractivity contribution in [3.05, 3.63) is 69.6 Å². The summed E-state index contributed by atoms with van der Waals surface area (Å²) >= 11 is 1.46. The van der Waals surface area contributed by atoms with E-state index >= 15 is 0 Å². The van der Waals surface area contributed by atoms with E-state index in [1.165, 1.54) is 11.3 Å². The third-order valence-electron chi connectivity index (χ3n) is 6.22. The summed E-state index contributed by atoms with van der Waals surface area (Å²) in [7, 11) is 0. The van der Waals surface area contributed by atoms with E-state index in [0.29, 0.717) is 39.0 Å². The Bertz CT molecular complexity index is 1030. The Morgan fingerprint density at radius 2 is 1.85 bits per heavy atom. The van der Waals surface area contributed by atoms with Gasteiger partial charge in [-0.25, -0.2) is 4.79 Å². The largest absolute Gasteiger partial charge is 0.503 e. The lowest BCUT2D eigenvalue weighted by atomic mass is 9.95. The average Bonchev–Trinajstić information content (AvgIpc) is 3.45. The number of ketones is 1. The van der Waals surface area contributed by atoms with Gasteiger partial charge < -0.3 is 19.6 Å². The molecule has 174 valence electrons. The SMILES string of the molecule is CCOC(=O)N1CCC(N2C(=O)C(O)=C(C(=O)CCc3ccccc3)C2c2cccs2)CC1. The third kappa shape index (κ3) is 4.80. The average molecular weight is 469 g/mol. The maximum atomic E-state index is 13.3. The molecule has 33 heavy (non-hydrogen) atoms. The number of hydrogen-bond acceptors (Lipinski definition) is 6. The summed E-state index contributed by atoms with van der Waals surface area (Å²) in [6.45, 7) is 3.00. The number of nitrogens with zero attached hydrogens (tertiary/aromatic N) is 2. The Hall–Kier alpha value is -3.13. The lowest BCUT2D eigenvalue weighted by Gasteiger charge is -2.39. The quantitative estimate of drug-likeness (QED) is 0.656. The molecule has 2 aliphatic heterocycles. The van der Waals surface area contributed by atoms with Gasteiger partial charge in [0.15, 0.2) is 11.5 Å². The molecular weight excluding hydrogens is 440 g/mol. The van der Waals surface area contributed by atoms with Crippen LogP contribution in [-0.4, -0.2) is 58.4 Å². The van der Waals surface area contributed by atoms with Crippen LogP contribution in [0.2, 0.25) is 0 Å². The van der Waals surface area contributed by atoms with Crippen molar-refractivity contribution in [3.8, 4) is 0 Å². The Balaban J connectivity index is 1.53. The fraction of sp³-hybridized carbons (Fsp3) is 0.400. The molecule has 0 bridgehead atoms. The van der Waals surface area contributed by atoms with E-state index in [-0.39, 0.29) is 29.9 Å². The predicted molar refractivity (Wildman–Crippen MR) is 125 cm³/mol. The molecule has 8 heteroatoms. The fourth-order valence-electron chi connectivity index (χ4n) is 4.59. The molecule has 2 aromatic rings. The van der Waals surface area contributed by atoms with Crippen LogP contribution in [-0.2, 0) is 20.7 Å². The number of aliphatic hydroxyl groups is 1. The smallest absolute Gasteiger partial charge is 0.409 e. The third-order valence-corrected chi connectivity index (χ3v) is 7.15. The van der Waals surface area contributed by atoms with Gasteiger partial charge in [0.25, 0.3) is 5.91 Å². The predicted octanol–water partition coefficient (Wildman–Crippen LogP) is 4.27. The number of likely N-dealkylation sites (tertiary alicyclic amines) is 1. The standard InChI is InChI=1S/C25H28N2O5S/c1-2-32-25(31)26-14-12-18(13-15-26)27-22(20-9-6-16-33-20)21(23(29)24(27)30)19(28)11-10-17-7-4-3-5-8-17/h3-9,16,18,22,29H,2,10-15H2,1H3. The number of carbonyl (C=O) groups is 3.